The second-order valence-electron chi connectivity index (χ2n) is 12.6. The first-order valence-electron chi connectivity index (χ1n) is 16.3. The Hall–Kier alpha value is -3.46. The molecule has 0 aromatic heterocycles. The molecule has 0 aliphatic heterocycles. The number of hydrogen-bond acceptors (Lipinski definition) is 6. The summed E-state index contributed by atoms with van der Waals surface area (Å²) in [5.74, 6) is 5.44. The van der Waals surface area contributed by atoms with E-state index in [1.807, 2.05) is 48.5 Å². The minimum Gasteiger partial charge on any atom is -0.497 e. The van der Waals surface area contributed by atoms with Crippen LogP contribution < -0.4 is 27.6 Å². The third-order valence-electron chi connectivity index (χ3n) is 8.51. The highest BCUT2D eigenvalue weighted by atomic mass is 31.1. The van der Waals surface area contributed by atoms with Gasteiger partial charge in [-0.05, 0) is 120 Å². The Morgan fingerprint density at radius 3 is 1.28 bits per heavy atom. The number of methoxy groups -OCH3 is 2. The van der Waals surface area contributed by atoms with Gasteiger partial charge in [0.05, 0.1) is 14.2 Å². The maximum atomic E-state index is 6.72. The van der Waals surface area contributed by atoms with Gasteiger partial charge in [0.25, 0.3) is 18.1 Å². The monoisotopic (exact) mass is 676 g/mol. The molecule has 47 heavy (non-hydrogen) atoms. The van der Waals surface area contributed by atoms with Gasteiger partial charge >= 0.3 is 0 Å². The second kappa shape index (κ2) is 16.6. The number of hydrogen-bond donors (Lipinski definition) is 0. The molecule has 4 rings (SSSR count). The number of rotatable bonds is 15. The fourth-order valence-electron chi connectivity index (χ4n) is 5.79. The zero-order valence-corrected chi connectivity index (χ0v) is 31.7. The summed E-state index contributed by atoms with van der Waals surface area (Å²) in [6.07, 6.45) is 0.905. The van der Waals surface area contributed by atoms with Gasteiger partial charge < -0.3 is 27.6 Å². The largest absolute Gasteiger partial charge is 0.497 e. The first-order valence-corrected chi connectivity index (χ1v) is 17.9. The molecule has 6 nitrogen and oxygen atoms in total. The van der Waals surface area contributed by atoms with Crippen molar-refractivity contribution < 1.29 is 27.6 Å². The van der Waals surface area contributed by atoms with Crippen LogP contribution in [0.25, 0.3) is 11.1 Å². The van der Waals surface area contributed by atoms with Crippen molar-refractivity contribution in [2.24, 2.45) is 0 Å². The molecule has 0 bridgehead atoms. The van der Waals surface area contributed by atoms with Crippen molar-refractivity contribution in [1.29, 1.82) is 0 Å². The van der Waals surface area contributed by atoms with Gasteiger partial charge in [0.15, 0.2) is 0 Å². The van der Waals surface area contributed by atoms with Gasteiger partial charge in [-0.1, -0.05) is 60.6 Å². The Morgan fingerprint density at radius 1 is 0.511 bits per heavy atom. The van der Waals surface area contributed by atoms with E-state index < -0.39 is 0 Å². The maximum Gasteiger partial charge on any atom is 0.275 e. The molecule has 0 saturated carbocycles. The molecule has 0 radical (unpaired) electrons. The summed E-state index contributed by atoms with van der Waals surface area (Å²) in [6, 6.07) is 19.7. The fourth-order valence-corrected chi connectivity index (χ4v) is 6.95. The highest BCUT2D eigenvalue weighted by Gasteiger charge is 2.28. The molecule has 0 spiro atoms. The number of benzene rings is 4. The van der Waals surface area contributed by atoms with Crippen molar-refractivity contribution in [2.75, 3.05) is 14.2 Å². The van der Waals surface area contributed by atoms with Gasteiger partial charge in [0.1, 0.15) is 34.5 Å². The van der Waals surface area contributed by atoms with E-state index in [9.17, 15) is 0 Å². The fraction of sp³-hybridized carbons (Fsp3) is 0.385. The van der Waals surface area contributed by atoms with E-state index in [2.05, 4.69) is 74.4 Å². The quantitative estimate of drug-likeness (QED) is 0.117. The molecule has 4 aromatic rings. The summed E-state index contributed by atoms with van der Waals surface area (Å²) in [7, 11) is 2.82. The zero-order chi connectivity index (χ0) is 34.2. The minimum atomic E-state index is -0.248. The van der Waals surface area contributed by atoms with E-state index in [-0.39, 0.29) is 29.9 Å². The van der Waals surface area contributed by atoms with E-state index in [4.69, 9.17) is 27.6 Å². The number of ether oxygens (including phenoxy) is 2. The molecule has 2 atom stereocenters. The predicted molar refractivity (Wildman–Crippen MR) is 198 cm³/mol. The van der Waals surface area contributed by atoms with Crippen LogP contribution in [-0.2, 0) is 6.42 Å². The second-order valence-corrected chi connectivity index (χ2v) is 13.7. The molecular weight excluding hydrogens is 626 g/mol. The third kappa shape index (κ3) is 8.53. The Morgan fingerprint density at radius 2 is 0.894 bits per heavy atom. The van der Waals surface area contributed by atoms with Crippen LogP contribution in [0.2, 0.25) is 0 Å². The maximum absolute atomic E-state index is 6.72. The van der Waals surface area contributed by atoms with Crippen LogP contribution in [0, 0.1) is 13.8 Å². The Kier molecular flexibility index (Phi) is 12.8. The SMILES string of the molecule is CCc1cc(C(C)C)c(OPOc2ccc(OC)cc2)c(-c2c(C)c(C(C)C)cc(C(C)C)c2OPOc2ccc(OC)cc2)c1C. The minimum absolute atomic E-state index is 0.219. The van der Waals surface area contributed by atoms with Crippen molar-refractivity contribution in [3.8, 4) is 45.6 Å². The molecule has 0 heterocycles. The third-order valence-corrected chi connectivity index (χ3v) is 9.72. The van der Waals surface area contributed by atoms with E-state index in [1.165, 1.54) is 22.3 Å². The van der Waals surface area contributed by atoms with Crippen LogP contribution in [0.4, 0.5) is 0 Å². The Balaban J connectivity index is 1.88. The topological polar surface area (TPSA) is 55.4 Å². The van der Waals surface area contributed by atoms with Crippen LogP contribution >= 0.6 is 18.1 Å². The summed E-state index contributed by atoms with van der Waals surface area (Å²) in [5, 5.41) is 0. The molecule has 8 heteroatoms. The van der Waals surface area contributed by atoms with Crippen LogP contribution in [0.1, 0.15) is 99.6 Å². The van der Waals surface area contributed by atoms with Gasteiger partial charge in [0.2, 0.25) is 0 Å². The molecule has 0 N–H and O–H groups in total. The normalized spacial score (nSPS) is 11.8. The highest BCUT2D eigenvalue weighted by Crippen LogP contribution is 2.52. The summed E-state index contributed by atoms with van der Waals surface area (Å²) >= 11 is 0. The summed E-state index contributed by atoms with van der Waals surface area (Å²) in [5.41, 5.74) is 9.37. The van der Waals surface area contributed by atoms with Gasteiger partial charge in [-0.3, -0.25) is 0 Å². The molecule has 252 valence electrons. The smallest absolute Gasteiger partial charge is 0.275 e. The van der Waals surface area contributed by atoms with Gasteiger partial charge in [0, 0.05) is 11.1 Å². The summed E-state index contributed by atoms with van der Waals surface area (Å²) in [6.45, 7) is 20.0. The Labute approximate surface area is 285 Å². The molecule has 0 fully saturated rings. The van der Waals surface area contributed by atoms with E-state index in [1.54, 1.807) is 14.2 Å². The first-order chi connectivity index (χ1) is 22.5. The first kappa shape index (κ1) is 36.4. The van der Waals surface area contributed by atoms with Gasteiger partial charge in [-0.25, -0.2) is 0 Å². The van der Waals surface area contributed by atoms with Crippen LogP contribution in [0.3, 0.4) is 0 Å². The van der Waals surface area contributed by atoms with Crippen molar-refractivity contribution in [2.45, 2.75) is 86.5 Å². The number of aryl methyl sites for hydroxylation is 1. The molecule has 0 aliphatic carbocycles. The van der Waals surface area contributed by atoms with Gasteiger partial charge in [-0.2, -0.15) is 0 Å². The van der Waals surface area contributed by atoms with Crippen molar-refractivity contribution in [1.82, 2.24) is 0 Å². The Bertz CT molecular complexity index is 1630. The van der Waals surface area contributed by atoms with Crippen LogP contribution in [0.5, 0.6) is 34.5 Å². The van der Waals surface area contributed by atoms with E-state index >= 15 is 0 Å². The lowest BCUT2D eigenvalue weighted by Gasteiger charge is -2.28. The van der Waals surface area contributed by atoms with Gasteiger partial charge in [-0.15, -0.1) is 0 Å². The lowest BCUT2D eigenvalue weighted by molar-refractivity contribution is 0.414. The lowest BCUT2D eigenvalue weighted by atomic mass is 9.81. The zero-order valence-electron chi connectivity index (χ0n) is 29.7. The highest BCUT2D eigenvalue weighted by molar-refractivity contribution is 7.27. The molecular formula is C39H50O6P2. The standard InChI is InChI=1S/C39H50O6P2/c1-12-28-21-34(24(4)5)38(44-46-42-31-17-13-29(40-10)14-18-31)36(26(28)8)37-27(9)33(23(2)3)22-35(25(6)7)39(37)45-47-43-32-19-15-30(41-11)16-20-32/h13-25,46-47H,12H2,1-11H3. The average Bonchev–Trinajstić information content (AvgIpc) is 3.05. The van der Waals surface area contributed by atoms with Crippen LogP contribution in [-0.4, -0.2) is 14.2 Å². The molecule has 0 amide bonds. The van der Waals surface area contributed by atoms with Crippen LogP contribution in [0.15, 0.2) is 60.7 Å². The summed E-state index contributed by atoms with van der Waals surface area (Å²) in [4.78, 5) is 0. The molecule has 2 unspecified atom stereocenters. The molecule has 4 aromatic carbocycles. The van der Waals surface area contributed by atoms with E-state index in [0.29, 0.717) is 5.92 Å². The van der Waals surface area contributed by atoms with Crippen molar-refractivity contribution in [3.63, 3.8) is 0 Å². The predicted octanol–water partition coefficient (Wildman–Crippen LogP) is 11.9. The summed E-state index contributed by atoms with van der Waals surface area (Å²) < 4.78 is 36.3. The van der Waals surface area contributed by atoms with Crippen molar-refractivity contribution >= 4 is 18.1 Å². The molecule has 0 saturated heterocycles. The lowest BCUT2D eigenvalue weighted by Crippen LogP contribution is -2.07. The molecule has 0 aliphatic rings. The van der Waals surface area contributed by atoms with E-state index in [0.717, 1.165) is 63.2 Å². The average molecular weight is 677 g/mol. The van der Waals surface area contributed by atoms with Crippen molar-refractivity contribution in [3.05, 3.63) is 94.0 Å².